The van der Waals surface area contributed by atoms with Gasteiger partial charge in [-0.15, -0.1) is 0 Å². The van der Waals surface area contributed by atoms with E-state index < -0.39 is 0 Å². The predicted octanol–water partition coefficient (Wildman–Crippen LogP) is 7.52. The summed E-state index contributed by atoms with van der Waals surface area (Å²) in [6.45, 7) is 4.07. The molecule has 0 aliphatic heterocycles. The lowest BCUT2D eigenvalue weighted by Crippen LogP contribution is -1.88. The molecule has 5 rings (SSSR count). The van der Waals surface area contributed by atoms with Gasteiger partial charge in [-0.2, -0.15) is 0 Å². The molecular formula is C30H24N2O2. The summed E-state index contributed by atoms with van der Waals surface area (Å²) in [6.07, 6.45) is 3.38. The molecule has 0 aromatic heterocycles. The van der Waals surface area contributed by atoms with E-state index in [0.717, 1.165) is 32.7 Å². The Balaban J connectivity index is 1.60. The number of aliphatic imine (C=N–C) groups is 2. The molecule has 0 amide bonds. The second kappa shape index (κ2) is 8.83. The molecule has 166 valence electrons. The van der Waals surface area contributed by atoms with Crippen LogP contribution in [0.1, 0.15) is 22.3 Å². The second-order valence-electron chi connectivity index (χ2n) is 8.38. The molecule has 0 heterocycles. The zero-order valence-corrected chi connectivity index (χ0v) is 19.0. The lowest BCUT2D eigenvalue weighted by atomic mass is 10.0. The molecule has 0 bridgehead atoms. The summed E-state index contributed by atoms with van der Waals surface area (Å²) in [5, 5.41) is 24.9. The SMILES string of the molecule is Cc1cc(N=Cc2c(O)ccc3ccccc23)c(N=Cc2c(O)ccc3ccccc23)cc1C. The van der Waals surface area contributed by atoms with Gasteiger partial charge in [-0.05, 0) is 70.8 Å². The Morgan fingerprint density at radius 3 is 1.41 bits per heavy atom. The molecule has 0 saturated carbocycles. The molecule has 0 unspecified atom stereocenters. The van der Waals surface area contributed by atoms with Crippen molar-refractivity contribution in [2.75, 3.05) is 0 Å². The molecule has 0 aliphatic rings. The Kier molecular flexibility index (Phi) is 5.56. The average Bonchev–Trinajstić information content (AvgIpc) is 2.85. The van der Waals surface area contributed by atoms with E-state index in [4.69, 9.17) is 9.98 Å². The molecule has 2 N–H and O–H groups in total. The van der Waals surface area contributed by atoms with Gasteiger partial charge in [-0.25, -0.2) is 0 Å². The number of benzene rings is 5. The van der Waals surface area contributed by atoms with E-state index in [1.807, 2.05) is 86.6 Å². The molecule has 0 radical (unpaired) electrons. The minimum Gasteiger partial charge on any atom is -0.507 e. The number of hydrogen-bond donors (Lipinski definition) is 2. The van der Waals surface area contributed by atoms with Crippen molar-refractivity contribution in [1.29, 1.82) is 0 Å². The Morgan fingerprint density at radius 1 is 0.559 bits per heavy atom. The van der Waals surface area contributed by atoms with E-state index in [2.05, 4.69) is 0 Å². The maximum atomic E-state index is 10.5. The molecule has 34 heavy (non-hydrogen) atoms. The standard InChI is InChI=1S/C30H24N2O2/c1-19-15-27(31-17-25-23-9-5-3-7-21(23)11-13-29(25)33)28(16-20(19)2)32-18-26-24-10-6-4-8-22(24)12-14-30(26)34/h3-18,33-34H,1-2H3. The third-order valence-electron chi connectivity index (χ3n) is 6.15. The molecule has 0 spiro atoms. The van der Waals surface area contributed by atoms with Crippen LogP contribution in [-0.2, 0) is 0 Å². The Hall–Kier alpha value is -4.44. The number of nitrogens with zero attached hydrogens (tertiary/aromatic N) is 2. The molecule has 4 nitrogen and oxygen atoms in total. The Bertz CT molecular complexity index is 1480. The third-order valence-corrected chi connectivity index (χ3v) is 6.15. The van der Waals surface area contributed by atoms with Crippen molar-refractivity contribution in [2.24, 2.45) is 9.98 Å². The van der Waals surface area contributed by atoms with Crippen molar-refractivity contribution in [3.63, 3.8) is 0 Å². The van der Waals surface area contributed by atoms with Gasteiger partial charge >= 0.3 is 0 Å². The zero-order valence-electron chi connectivity index (χ0n) is 19.0. The summed E-state index contributed by atoms with van der Waals surface area (Å²) in [5.41, 5.74) is 4.90. The van der Waals surface area contributed by atoms with Gasteiger partial charge in [0.1, 0.15) is 11.5 Å². The summed E-state index contributed by atoms with van der Waals surface area (Å²) in [5.74, 6) is 0.356. The van der Waals surface area contributed by atoms with Crippen molar-refractivity contribution in [3.8, 4) is 11.5 Å². The quantitative estimate of drug-likeness (QED) is 0.282. The monoisotopic (exact) mass is 444 g/mol. The van der Waals surface area contributed by atoms with Crippen LogP contribution in [0.3, 0.4) is 0 Å². The molecule has 0 saturated heterocycles. The Morgan fingerprint density at radius 2 is 0.971 bits per heavy atom. The molecule has 0 fully saturated rings. The highest BCUT2D eigenvalue weighted by atomic mass is 16.3. The maximum absolute atomic E-state index is 10.5. The summed E-state index contributed by atoms with van der Waals surface area (Å²) in [4.78, 5) is 9.45. The van der Waals surface area contributed by atoms with E-state index in [9.17, 15) is 10.2 Å². The smallest absolute Gasteiger partial charge is 0.124 e. The molecule has 5 aromatic carbocycles. The molecular weight excluding hydrogens is 420 g/mol. The first-order chi connectivity index (χ1) is 16.5. The molecule has 4 heteroatoms. The number of aryl methyl sites for hydroxylation is 2. The lowest BCUT2D eigenvalue weighted by molar-refractivity contribution is 0.475. The number of aromatic hydroxyl groups is 2. The minimum absolute atomic E-state index is 0.178. The molecule has 5 aromatic rings. The van der Waals surface area contributed by atoms with Gasteiger partial charge in [-0.3, -0.25) is 9.98 Å². The van der Waals surface area contributed by atoms with Gasteiger partial charge in [0.25, 0.3) is 0 Å². The highest BCUT2D eigenvalue weighted by molar-refractivity contribution is 6.04. The van der Waals surface area contributed by atoms with Crippen molar-refractivity contribution in [1.82, 2.24) is 0 Å². The Labute approximate surface area is 198 Å². The molecule has 0 atom stereocenters. The first-order valence-corrected chi connectivity index (χ1v) is 11.1. The summed E-state index contributed by atoms with van der Waals surface area (Å²) in [6, 6.07) is 26.9. The van der Waals surface area contributed by atoms with Crippen LogP contribution in [0.15, 0.2) is 94.9 Å². The van der Waals surface area contributed by atoms with Crippen LogP contribution in [0, 0.1) is 13.8 Å². The van der Waals surface area contributed by atoms with Crippen LogP contribution in [0.25, 0.3) is 21.5 Å². The first kappa shape index (κ1) is 21.4. The van der Waals surface area contributed by atoms with Crippen LogP contribution >= 0.6 is 0 Å². The van der Waals surface area contributed by atoms with Crippen LogP contribution in [-0.4, -0.2) is 22.6 Å². The average molecular weight is 445 g/mol. The van der Waals surface area contributed by atoms with Gasteiger partial charge in [-0.1, -0.05) is 60.7 Å². The number of phenolic OH excluding ortho intramolecular Hbond substituents is 2. The van der Waals surface area contributed by atoms with E-state index >= 15 is 0 Å². The predicted molar refractivity (Wildman–Crippen MR) is 142 cm³/mol. The van der Waals surface area contributed by atoms with Gasteiger partial charge in [0.15, 0.2) is 0 Å². The van der Waals surface area contributed by atoms with Crippen molar-refractivity contribution in [2.45, 2.75) is 13.8 Å². The van der Waals surface area contributed by atoms with Crippen molar-refractivity contribution < 1.29 is 10.2 Å². The van der Waals surface area contributed by atoms with E-state index in [1.54, 1.807) is 24.6 Å². The highest BCUT2D eigenvalue weighted by Crippen LogP contribution is 2.34. The zero-order chi connectivity index (χ0) is 23.7. The maximum Gasteiger partial charge on any atom is 0.124 e. The number of phenols is 2. The van der Waals surface area contributed by atoms with E-state index in [0.29, 0.717) is 22.5 Å². The lowest BCUT2D eigenvalue weighted by Gasteiger charge is -2.08. The van der Waals surface area contributed by atoms with E-state index in [1.165, 1.54) is 0 Å². The number of rotatable bonds is 4. The fraction of sp³-hybridized carbons (Fsp3) is 0.0667. The van der Waals surface area contributed by atoms with Crippen LogP contribution in [0.4, 0.5) is 11.4 Å². The topological polar surface area (TPSA) is 65.2 Å². The molecule has 0 aliphatic carbocycles. The van der Waals surface area contributed by atoms with Crippen molar-refractivity contribution in [3.05, 3.63) is 107 Å². The van der Waals surface area contributed by atoms with Gasteiger partial charge in [0, 0.05) is 23.6 Å². The second-order valence-corrected chi connectivity index (χ2v) is 8.38. The fourth-order valence-electron chi connectivity index (χ4n) is 4.10. The van der Waals surface area contributed by atoms with Crippen LogP contribution in [0.2, 0.25) is 0 Å². The third kappa shape index (κ3) is 4.02. The number of hydrogen-bond acceptors (Lipinski definition) is 4. The van der Waals surface area contributed by atoms with Crippen molar-refractivity contribution >= 4 is 45.3 Å². The summed E-state index contributed by atoms with van der Waals surface area (Å²) >= 11 is 0. The van der Waals surface area contributed by atoms with Crippen LogP contribution in [0.5, 0.6) is 11.5 Å². The largest absolute Gasteiger partial charge is 0.507 e. The van der Waals surface area contributed by atoms with Gasteiger partial charge < -0.3 is 10.2 Å². The summed E-state index contributed by atoms with van der Waals surface area (Å²) < 4.78 is 0. The van der Waals surface area contributed by atoms with Gasteiger partial charge in [0.05, 0.1) is 11.4 Å². The van der Waals surface area contributed by atoms with E-state index in [-0.39, 0.29) is 11.5 Å². The first-order valence-electron chi connectivity index (χ1n) is 11.1. The number of fused-ring (bicyclic) bond motifs is 2. The normalized spacial score (nSPS) is 11.8. The highest BCUT2D eigenvalue weighted by Gasteiger charge is 2.09. The minimum atomic E-state index is 0.178. The fourth-order valence-corrected chi connectivity index (χ4v) is 4.10. The summed E-state index contributed by atoms with van der Waals surface area (Å²) in [7, 11) is 0. The van der Waals surface area contributed by atoms with Gasteiger partial charge in [0.2, 0.25) is 0 Å². The van der Waals surface area contributed by atoms with Crippen LogP contribution < -0.4 is 0 Å².